The minimum atomic E-state index is -0.951. The maximum absolute atomic E-state index is 13.2. The summed E-state index contributed by atoms with van der Waals surface area (Å²) >= 11 is 0. The van der Waals surface area contributed by atoms with Crippen molar-refractivity contribution in [2.45, 2.75) is 12.7 Å². The summed E-state index contributed by atoms with van der Waals surface area (Å²) in [6, 6.07) is 33.0. The number of anilines is 1. The molecule has 1 N–H and O–H groups in total. The number of benzene rings is 4. The average Bonchev–Trinajstić information content (AvgIpc) is 2.88. The van der Waals surface area contributed by atoms with Gasteiger partial charge in [-0.3, -0.25) is 9.59 Å². The van der Waals surface area contributed by atoms with Crippen molar-refractivity contribution in [3.8, 4) is 11.5 Å². The van der Waals surface area contributed by atoms with E-state index in [1.165, 1.54) is 0 Å². The molecule has 0 radical (unpaired) electrons. The number of aldehydes is 1. The Labute approximate surface area is 192 Å². The highest BCUT2D eigenvalue weighted by atomic mass is 16.5. The van der Waals surface area contributed by atoms with E-state index >= 15 is 0 Å². The van der Waals surface area contributed by atoms with Crippen molar-refractivity contribution < 1.29 is 19.1 Å². The van der Waals surface area contributed by atoms with Crippen LogP contribution < -0.4 is 14.8 Å². The lowest BCUT2D eigenvalue weighted by Crippen LogP contribution is -2.26. The van der Waals surface area contributed by atoms with Crippen LogP contribution in [0.2, 0.25) is 0 Å². The zero-order valence-corrected chi connectivity index (χ0v) is 17.9. The molecule has 1 atom stereocenters. The molecule has 0 bridgehead atoms. The third-order valence-electron chi connectivity index (χ3n) is 4.97. The fraction of sp³-hybridized carbons (Fsp3) is 0.0714. The Morgan fingerprint density at radius 2 is 1.42 bits per heavy atom. The molecule has 0 heterocycles. The van der Waals surface area contributed by atoms with Crippen LogP contribution in [0.1, 0.15) is 27.6 Å². The van der Waals surface area contributed by atoms with E-state index in [1.807, 2.05) is 78.9 Å². The molecule has 1 amide bonds. The smallest absolute Gasteiger partial charge is 0.270 e. The Balaban J connectivity index is 1.63. The van der Waals surface area contributed by atoms with Gasteiger partial charge in [-0.05, 0) is 35.9 Å². The lowest BCUT2D eigenvalue weighted by Gasteiger charge is -2.21. The lowest BCUT2D eigenvalue weighted by atomic mass is 10.1. The first-order valence-corrected chi connectivity index (χ1v) is 10.6. The second kappa shape index (κ2) is 10.8. The summed E-state index contributed by atoms with van der Waals surface area (Å²) in [5, 5.41) is 2.89. The summed E-state index contributed by atoms with van der Waals surface area (Å²) in [6.07, 6.45) is -0.220. The minimum Gasteiger partial charge on any atom is -0.485 e. The fourth-order valence-electron chi connectivity index (χ4n) is 3.30. The van der Waals surface area contributed by atoms with Crippen molar-refractivity contribution in [3.05, 3.63) is 126 Å². The van der Waals surface area contributed by atoms with Crippen LogP contribution >= 0.6 is 0 Å². The Morgan fingerprint density at radius 1 is 0.788 bits per heavy atom. The first-order chi connectivity index (χ1) is 16.2. The van der Waals surface area contributed by atoms with Crippen molar-refractivity contribution in [1.82, 2.24) is 0 Å². The number of ether oxygens (including phenoxy) is 2. The van der Waals surface area contributed by atoms with Gasteiger partial charge in [-0.15, -0.1) is 0 Å². The van der Waals surface area contributed by atoms with E-state index in [-0.39, 0.29) is 5.91 Å². The van der Waals surface area contributed by atoms with Gasteiger partial charge in [-0.2, -0.15) is 0 Å². The summed E-state index contributed by atoms with van der Waals surface area (Å²) in [4.78, 5) is 24.6. The lowest BCUT2D eigenvalue weighted by molar-refractivity contribution is -0.123. The first kappa shape index (κ1) is 21.8. The maximum Gasteiger partial charge on any atom is 0.270 e. The highest BCUT2D eigenvalue weighted by molar-refractivity contribution is 5.95. The van der Waals surface area contributed by atoms with Gasteiger partial charge in [0, 0.05) is 16.8 Å². The number of carbonyl (C=O) groups is 2. The number of hydrogen-bond acceptors (Lipinski definition) is 4. The van der Waals surface area contributed by atoms with Crippen LogP contribution in [-0.2, 0) is 11.4 Å². The van der Waals surface area contributed by atoms with Gasteiger partial charge in [0.2, 0.25) is 6.10 Å². The molecule has 4 rings (SSSR count). The van der Waals surface area contributed by atoms with Crippen LogP contribution in [0.5, 0.6) is 11.5 Å². The van der Waals surface area contributed by atoms with Crippen molar-refractivity contribution >= 4 is 17.9 Å². The molecule has 1 unspecified atom stereocenters. The molecule has 164 valence electrons. The summed E-state index contributed by atoms with van der Waals surface area (Å²) < 4.78 is 12.2. The molecular weight excluding hydrogens is 414 g/mol. The third-order valence-corrected chi connectivity index (χ3v) is 4.97. The zero-order chi connectivity index (χ0) is 22.9. The Morgan fingerprint density at radius 3 is 2.09 bits per heavy atom. The molecule has 5 nitrogen and oxygen atoms in total. The number of para-hydroxylation sites is 1. The first-order valence-electron chi connectivity index (χ1n) is 10.6. The van der Waals surface area contributed by atoms with E-state index in [0.717, 1.165) is 11.8 Å². The number of hydrogen-bond donors (Lipinski definition) is 1. The van der Waals surface area contributed by atoms with Crippen LogP contribution in [0.3, 0.4) is 0 Å². The number of amides is 1. The van der Waals surface area contributed by atoms with E-state index in [9.17, 15) is 9.59 Å². The Hall–Kier alpha value is -4.38. The molecule has 0 spiro atoms. The molecule has 5 heteroatoms. The predicted molar refractivity (Wildman–Crippen MR) is 127 cm³/mol. The van der Waals surface area contributed by atoms with Crippen molar-refractivity contribution in [3.63, 3.8) is 0 Å². The minimum absolute atomic E-state index is 0.313. The molecule has 0 aliphatic heterocycles. The predicted octanol–water partition coefficient (Wildman–Crippen LogP) is 5.84. The van der Waals surface area contributed by atoms with Crippen LogP contribution in [-0.4, -0.2) is 12.2 Å². The molecule has 4 aromatic rings. The van der Waals surface area contributed by atoms with E-state index in [1.54, 1.807) is 30.3 Å². The van der Waals surface area contributed by atoms with Gasteiger partial charge in [-0.1, -0.05) is 78.9 Å². The van der Waals surface area contributed by atoms with Gasteiger partial charge in [0.25, 0.3) is 5.91 Å². The summed E-state index contributed by atoms with van der Waals surface area (Å²) in [7, 11) is 0. The highest BCUT2D eigenvalue weighted by Gasteiger charge is 2.24. The SMILES string of the molecule is O=Cc1ccc(OCc2ccccc2)c(OC(C(=O)Nc2ccccc2)c2ccccc2)c1. The van der Waals surface area contributed by atoms with Crippen molar-refractivity contribution in [2.24, 2.45) is 0 Å². The molecule has 0 saturated carbocycles. The molecule has 0 fully saturated rings. The zero-order valence-electron chi connectivity index (χ0n) is 17.9. The monoisotopic (exact) mass is 437 g/mol. The summed E-state index contributed by atoms with van der Waals surface area (Å²) in [5.41, 5.74) is 2.75. The molecule has 0 aliphatic rings. The van der Waals surface area contributed by atoms with Gasteiger partial charge in [0.15, 0.2) is 11.5 Å². The quantitative estimate of drug-likeness (QED) is 0.334. The number of nitrogens with one attached hydrogen (secondary N) is 1. The van der Waals surface area contributed by atoms with E-state index in [0.29, 0.717) is 34.9 Å². The fourth-order valence-corrected chi connectivity index (χ4v) is 3.30. The topological polar surface area (TPSA) is 64.6 Å². The number of carbonyl (C=O) groups excluding carboxylic acids is 2. The molecule has 33 heavy (non-hydrogen) atoms. The van der Waals surface area contributed by atoms with Crippen LogP contribution in [0, 0.1) is 0 Å². The average molecular weight is 437 g/mol. The largest absolute Gasteiger partial charge is 0.485 e. The Kier molecular flexibility index (Phi) is 7.13. The van der Waals surface area contributed by atoms with E-state index in [2.05, 4.69) is 5.32 Å². The summed E-state index contributed by atoms with van der Waals surface area (Å²) in [5.74, 6) is 0.420. The Bertz CT molecular complexity index is 1190. The number of rotatable bonds is 9. The molecule has 4 aromatic carbocycles. The van der Waals surface area contributed by atoms with Crippen LogP contribution in [0.25, 0.3) is 0 Å². The van der Waals surface area contributed by atoms with E-state index < -0.39 is 6.10 Å². The van der Waals surface area contributed by atoms with Gasteiger partial charge in [-0.25, -0.2) is 0 Å². The second-order valence-electron chi connectivity index (χ2n) is 7.36. The van der Waals surface area contributed by atoms with Crippen LogP contribution in [0.4, 0.5) is 5.69 Å². The second-order valence-corrected chi connectivity index (χ2v) is 7.36. The molecular formula is C28H23NO4. The molecule has 0 aromatic heterocycles. The van der Waals surface area contributed by atoms with Gasteiger partial charge >= 0.3 is 0 Å². The summed E-state index contributed by atoms with van der Waals surface area (Å²) in [6.45, 7) is 0.323. The van der Waals surface area contributed by atoms with Gasteiger partial charge in [0.05, 0.1) is 0 Å². The van der Waals surface area contributed by atoms with Crippen LogP contribution in [0.15, 0.2) is 109 Å². The third kappa shape index (κ3) is 5.86. The van der Waals surface area contributed by atoms with Crippen molar-refractivity contribution in [1.29, 1.82) is 0 Å². The van der Waals surface area contributed by atoms with Crippen molar-refractivity contribution in [2.75, 3.05) is 5.32 Å². The van der Waals surface area contributed by atoms with Gasteiger partial charge < -0.3 is 14.8 Å². The normalized spacial score (nSPS) is 11.3. The molecule has 0 saturated heterocycles. The van der Waals surface area contributed by atoms with Gasteiger partial charge in [0.1, 0.15) is 12.9 Å². The standard InChI is InChI=1S/C28H23NO4/c30-19-22-16-17-25(32-20-21-10-4-1-5-11-21)26(18-22)33-27(23-12-6-2-7-13-23)28(31)29-24-14-8-3-9-15-24/h1-19,27H,20H2,(H,29,31). The van der Waals surface area contributed by atoms with E-state index in [4.69, 9.17) is 9.47 Å². The highest BCUT2D eigenvalue weighted by Crippen LogP contribution is 2.33. The maximum atomic E-state index is 13.2. The molecule has 0 aliphatic carbocycles.